The summed E-state index contributed by atoms with van der Waals surface area (Å²) in [6, 6.07) is 22.6. The Balaban J connectivity index is 1.29. The molecular weight excluding hydrogens is 444 g/mol. The van der Waals surface area contributed by atoms with Gasteiger partial charge in [-0.25, -0.2) is 4.79 Å². The Morgan fingerprint density at radius 1 is 0.886 bits per heavy atom. The van der Waals surface area contributed by atoms with Crippen molar-refractivity contribution in [1.82, 2.24) is 10.6 Å². The minimum atomic E-state index is -0.965. The van der Waals surface area contributed by atoms with Gasteiger partial charge in [0.05, 0.1) is 5.92 Å². The highest BCUT2D eigenvalue weighted by atomic mass is 16.5. The maximum absolute atomic E-state index is 12.4. The predicted molar refractivity (Wildman–Crippen MR) is 132 cm³/mol. The number of carbonyl (C=O) groups excluding carboxylic acids is 2. The van der Waals surface area contributed by atoms with E-state index < -0.39 is 24.0 Å². The summed E-state index contributed by atoms with van der Waals surface area (Å²) in [4.78, 5) is 35.8. The minimum Gasteiger partial charge on any atom is -0.481 e. The Morgan fingerprint density at radius 3 is 2.03 bits per heavy atom. The van der Waals surface area contributed by atoms with E-state index >= 15 is 0 Å². The van der Waals surface area contributed by atoms with Crippen LogP contribution in [0.15, 0.2) is 72.8 Å². The summed E-state index contributed by atoms with van der Waals surface area (Å²) in [6.45, 7) is 3.70. The van der Waals surface area contributed by atoms with Crippen molar-refractivity contribution in [2.45, 2.75) is 32.4 Å². The van der Waals surface area contributed by atoms with Crippen molar-refractivity contribution in [2.75, 3.05) is 6.61 Å². The summed E-state index contributed by atoms with van der Waals surface area (Å²) in [5.41, 5.74) is 5.88. The smallest absolute Gasteiger partial charge is 0.407 e. The van der Waals surface area contributed by atoms with E-state index in [9.17, 15) is 14.4 Å². The summed E-state index contributed by atoms with van der Waals surface area (Å²) in [6.07, 6.45) is -0.509. The van der Waals surface area contributed by atoms with Gasteiger partial charge in [-0.15, -0.1) is 0 Å². The van der Waals surface area contributed by atoms with Crippen molar-refractivity contribution in [3.63, 3.8) is 0 Å². The summed E-state index contributed by atoms with van der Waals surface area (Å²) in [7, 11) is 0. The van der Waals surface area contributed by atoms with Crippen LogP contribution in [-0.2, 0) is 16.1 Å². The van der Waals surface area contributed by atoms with Gasteiger partial charge in [0.15, 0.2) is 0 Å². The first-order chi connectivity index (χ1) is 16.8. The SMILES string of the molecule is CC(NC(=O)c1ccc(CNC(=O)OCC2c3ccccc3-c3ccccc32)cc1)C(C)C(=O)O. The van der Waals surface area contributed by atoms with Gasteiger partial charge in [0, 0.05) is 24.1 Å². The number of alkyl carbamates (subject to hydrolysis) is 1. The van der Waals surface area contributed by atoms with Crippen molar-refractivity contribution in [2.24, 2.45) is 5.92 Å². The van der Waals surface area contributed by atoms with Crippen LogP contribution in [0.1, 0.15) is 46.8 Å². The third kappa shape index (κ3) is 5.35. The van der Waals surface area contributed by atoms with Crippen LogP contribution < -0.4 is 10.6 Å². The maximum atomic E-state index is 12.4. The van der Waals surface area contributed by atoms with E-state index in [1.165, 1.54) is 11.1 Å². The molecule has 0 saturated carbocycles. The number of fused-ring (bicyclic) bond motifs is 3. The highest BCUT2D eigenvalue weighted by Crippen LogP contribution is 2.44. The van der Waals surface area contributed by atoms with Crippen molar-refractivity contribution in [3.8, 4) is 11.1 Å². The van der Waals surface area contributed by atoms with E-state index in [0.29, 0.717) is 5.56 Å². The maximum Gasteiger partial charge on any atom is 0.407 e. The average Bonchev–Trinajstić information content (AvgIpc) is 3.19. The summed E-state index contributed by atoms with van der Waals surface area (Å²) in [5, 5.41) is 14.5. The Labute approximate surface area is 204 Å². The molecule has 180 valence electrons. The minimum absolute atomic E-state index is 0.00261. The van der Waals surface area contributed by atoms with Crippen LogP contribution in [0.3, 0.4) is 0 Å². The third-order valence-corrected chi connectivity index (χ3v) is 6.49. The molecule has 0 aromatic heterocycles. The lowest BCUT2D eigenvalue weighted by Crippen LogP contribution is -2.40. The number of rotatable bonds is 8. The standard InChI is InChI=1S/C28H28N2O5/c1-17(27(32)33)18(2)30-26(31)20-13-11-19(12-14-20)15-29-28(34)35-16-25-23-9-5-3-7-21(23)22-8-4-6-10-24(22)25/h3-14,17-18,25H,15-16H2,1-2H3,(H,29,34)(H,30,31)(H,32,33). The topological polar surface area (TPSA) is 105 Å². The van der Waals surface area contributed by atoms with Crippen LogP contribution in [0.4, 0.5) is 4.79 Å². The zero-order valence-electron chi connectivity index (χ0n) is 19.7. The zero-order chi connectivity index (χ0) is 24.9. The monoisotopic (exact) mass is 472 g/mol. The van der Waals surface area contributed by atoms with Crippen LogP contribution in [-0.4, -0.2) is 35.7 Å². The molecule has 0 bridgehead atoms. The lowest BCUT2D eigenvalue weighted by atomic mass is 9.98. The molecule has 2 amide bonds. The van der Waals surface area contributed by atoms with Gasteiger partial charge in [-0.3, -0.25) is 9.59 Å². The fraction of sp³-hybridized carbons (Fsp3) is 0.250. The fourth-order valence-corrected chi connectivity index (χ4v) is 4.23. The van der Waals surface area contributed by atoms with Crippen molar-refractivity contribution < 1.29 is 24.2 Å². The molecule has 0 saturated heterocycles. The molecule has 4 rings (SSSR count). The van der Waals surface area contributed by atoms with Crippen molar-refractivity contribution >= 4 is 18.0 Å². The molecule has 7 heteroatoms. The number of benzene rings is 3. The molecule has 2 unspecified atom stereocenters. The number of carbonyl (C=O) groups is 3. The van der Waals surface area contributed by atoms with Gasteiger partial charge < -0.3 is 20.5 Å². The van der Waals surface area contributed by atoms with E-state index in [4.69, 9.17) is 9.84 Å². The predicted octanol–water partition coefficient (Wildman–Crippen LogP) is 4.56. The molecule has 3 aromatic carbocycles. The molecule has 3 N–H and O–H groups in total. The molecule has 7 nitrogen and oxygen atoms in total. The van der Waals surface area contributed by atoms with E-state index in [2.05, 4.69) is 34.9 Å². The Kier molecular flexibility index (Phi) is 7.15. The number of amides is 2. The van der Waals surface area contributed by atoms with Gasteiger partial charge >= 0.3 is 12.1 Å². The number of carboxylic acid groups (broad SMARTS) is 1. The molecular formula is C28H28N2O5. The first kappa shape index (κ1) is 24.0. The molecule has 3 aromatic rings. The van der Waals surface area contributed by atoms with Crippen molar-refractivity contribution in [1.29, 1.82) is 0 Å². The number of hydrogen-bond acceptors (Lipinski definition) is 4. The fourth-order valence-electron chi connectivity index (χ4n) is 4.23. The van der Waals surface area contributed by atoms with Crippen LogP contribution in [0.5, 0.6) is 0 Å². The molecule has 35 heavy (non-hydrogen) atoms. The van der Waals surface area contributed by atoms with Crippen LogP contribution >= 0.6 is 0 Å². The highest BCUT2D eigenvalue weighted by Gasteiger charge is 2.29. The van der Waals surface area contributed by atoms with Gasteiger partial charge in [-0.2, -0.15) is 0 Å². The zero-order valence-corrected chi connectivity index (χ0v) is 19.7. The first-order valence-electron chi connectivity index (χ1n) is 11.6. The molecule has 0 radical (unpaired) electrons. The van der Waals surface area contributed by atoms with E-state index in [1.807, 2.05) is 24.3 Å². The second kappa shape index (κ2) is 10.4. The third-order valence-electron chi connectivity index (χ3n) is 6.49. The second-order valence-electron chi connectivity index (χ2n) is 8.77. The first-order valence-corrected chi connectivity index (χ1v) is 11.6. The average molecular weight is 473 g/mol. The summed E-state index contributed by atoms with van der Waals surface area (Å²) >= 11 is 0. The number of hydrogen-bond donors (Lipinski definition) is 3. The van der Waals surface area contributed by atoms with E-state index in [0.717, 1.165) is 16.7 Å². The molecule has 0 spiro atoms. The summed E-state index contributed by atoms with van der Waals surface area (Å²) in [5.74, 6) is -2.01. The lowest BCUT2D eigenvalue weighted by Gasteiger charge is -2.17. The normalized spacial score (nSPS) is 13.8. The second-order valence-corrected chi connectivity index (χ2v) is 8.77. The molecule has 0 heterocycles. The molecule has 0 aliphatic heterocycles. The Hall–Kier alpha value is -4.13. The van der Waals surface area contributed by atoms with Gasteiger partial charge in [-0.1, -0.05) is 60.7 Å². The molecule has 1 aliphatic carbocycles. The number of nitrogens with one attached hydrogen (secondary N) is 2. The molecule has 1 aliphatic rings. The van der Waals surface area contributed by atoms with Crippen LogP contribution in [0.25, 0.3) is 11.1 Å². The Bertz CT molecular complexity index is 1190. The van der Waals surface area contributed by atoms with E-state index in [-0.39, 0.29) is 25.0 Å². The summed E-state index contributed by atoms with van der Waals surface area (Å²) < 4.78 is 5.55. The number of ether oxygens (including phenoxy) is 1. The number of aliphatic carboxylic acids is 1. The van der Waals surface area contributed by atoms with Gasteiger partial charge in [0.1, 0.15) is 6.61 Å². The highest BCUT2D eigenvalue weighted by molar-refractivity contribution is 5.94. The lowest BCUT2D eigenvalue weighted by molar-refractivity contribution is -0.141. The molecule has 2 atom stereocenters. The van der Waals surface area contributed by atoms with Gasteiger partial charge in [0.2, 0.25) is 0 Å². The molecule has 0 fully saturated rings. The van der Waals surface area contributed by atoms with Crippen molar-refractivity contribution in [3.05, 3.63) is 95.1 Å². The van der Waals surface area contributed by atoms with Crippen LogP contribution in [0.2, 0.25) is 0 Å². The van der Waals surface area contributed by atoms with E-state index in [1.54, 1.807) is 38.1 Å². The number of carboxylic acids is 1. The van der Waals surface area contributed by atoms with Crippen LogP contribution in [0, 0.1) is 5.92 Å². The largest absolute Gasteiger partial charge is 0.481 e. The quantitative estimate of drug-likeness (QED) is 0.446. The van der Waals surface area contributed by atoms with Gasteiger partial charge in [-0.05, 0) is 53.8 Å². The van der Waals surface area contributed by atoms with Gasteiger partial charge in [0.25, 0.3) is 5.91 Å². The Morgan fingerprint density at radius 2 is 1.46 bits per heavy atom.